The molecule has 0 bridgehead atoms. The smallest absolute Gasteiger partial charge is 0.151 e. The molecule has 3 heteroatoms. The highest BCUT2D eigenvalue weighted by Gasteiger charge is 2.31. The van der Waals surface area contributed by atoms with Crippen LogP contribution in [0.2, 0.25) is 0 Å². The number of aldehydes is 1. The first-order valence-corrected chi connectivity index (χ1v) is 7.31. The highest BCUT2D eigenvalue weighted by atomic mass is 16.1. The number of hydrogen-bond donors (Lipinski definition) is 0. The van der Waals surface area contributed by atoms with Gasteiger partial charge in [0.05, 0.1) is 0 Å². The van der Waals surface area contributed by atoms with Crippen LogP contribution >= 0.6 is 0 Å². The predicted octanol–water partition coefficient (Wildman–Crippen LogP) is 3.61. The van der Waals surface area contributed by atoms with E-state index >= 15 is 0 Å². The highest BCUT2D eigenvalue weighted by molar-refractivity contribution is 5.75. The number of nitrogens with zero attached hydrogens (tertiary/aromatic N) is 2. The Morgan fingerprint density at radius 3 is 2.42 bits per heavy atom. The fourth-order valence-electron chi connectivity index (χ4n) is 3.13. The van der Waals surface area contributed by atoms with Gasteiger partial charge in [-0.3, -0.25) is 4.79 Å². The van der Waals surface area contributed by atoms with E-state index in [4.69, 9.17) is 0 Å². The summed E-state index contributed by atoms with van der Waals surface area (Å²) in [5.74, 6) is 1.05. The van der Waals surface area contributed by atoms with Gasteiger partial charge in [-0.25, -0.2) is 4.98 Å². The van der Waals surface area contributed by atoms with E-state index in [-0.39, 0.29) is 0 Å². The average Bonchev–Trinajstić information content (AvgIpc) is 2.47. The van der Waals surface area contributed by atoms with Crippen LogP contribution in [0.1, 0.15) is 55.5 Å². The van der Waals surface area contributed by atoms with Crippen molar-refractivity contribution in [1.82, 2.24) is 4.98 Å². The topological polar surface area (TPSA) is 33.2 Å². The molecule has 3 nitrogen and oxygen atoms in total. The molecule has 0 spiro atoms. The van der Waals surface area contributed by atoms with Crippen LogP contribution in [-0.2, 0) is 0 Å². The molecule has 2 heterocycles. The van der Waals surface area contributed by atoms with Crippen molar-refractivity contribution in [2.75, 3.05) is 18.0 Å². The second kappa shape index (κ2) is 5.72. The van der Waals surface area contributed by atoms with Gasteiger partial charge in [-0.1, -0.05) is 26.7 Å². The third-order valence-electron chi connectivity index (χ3n) is 4.83. The quantitative estimate of drug-likeness (QED) is 0.775. The van der Waals surface area contributed by atoms with Crippen molar-refractivity contribution >= 4 is 12.1 Å². The van der Waals surface area contributed by atoms with Crippen LogP contribution < -0.4 is 4.90 Å². The monoisotopic (exact) mass is 260 g/mol. The number of aromatic nitrogens is 1. The normalized spacial score (nSPS) is 18.4. The molecule has 2 rings (SSSR count). The summed E-state index contributed by atoms with van der Waals surface area (Å²) in [6.45, 7) is 8.81. The van der Waals surface area contributed by atoms with Crippen LogP contribution in [0.5, 0.6) is 0 Å². The second-order valence-electron chi connectivity index (χ2n) is 5.72. The summed E-state index contributed by atoms with van der Waals surface area (Å²) >= 11 is 0. The van der Waals surface area contributed by atoms with E-state index in [0.29, 0.717) is 11.0 Å². The molecular formula is C16H24N2O. The van der Waals surface area contributed by atoms with Crippen LogP contribution in [0.25, 0.3) is 0 Å². The summed E-state index contributed by atoms with van der Waals surface area (Å²) in [5.41, 5.74) is 2.30. The molecule has 1 aromatic heterocycles. The molecule has 0 aromatic carbocycles. The van der Waals surface area contributed by atoms with Crippen molar-refractivity contribution in [2.24, 2.45) is 5.41 Å². The van der Waals surface area contributed by atoms with Gasteiger partial charge in [0.25, 0.3) is 0 Å². The van der Waals surface area contributed by atoms with Gasteiger partial charge >= 0.3 is 0 Å². The van der Waals surface area contributed by atoms with E-state index in [9.17, 15) is 4.79 Å². The van der Waals surface area contributed by atoms with Crippen LogP contribution in [0.3, 0.4) is 0 Å². The van der Waals surface area contributed by atoms with E-state index < -0.39 is 0 Å². The molecule has 0 unspecified atom stereocenters. The summed E-state index contributed by atoms with van der Waals surface area (Å²) < 4.78 is 0. The number of piperidine rings is 1. The maximum Gasteiger partial charge on any atom is 0.151 e. The first-order chi connectivity index (χ1) is 9.14. The SMILES string of the molecule is CCC1(CC)CCN(c2ncc(C=O)cc2C)CC1. The lowest BCUT2D eigenvalue weighted by Crippen LogP contribution is -2.40. The number of hydrogen-bond acceptors (Lipinski definition) is 3. The van der Waals surface area contributed by atoms with Crippen molar-refractivity contribution < 1.29 is 4.79 Å². The van der Waals surface area contributed by atoms with Crippen LogP contribution in [0, 0.1) is 12.3 Å². The summed E-state index contributed by atoms with van der Waals surface area (Å²) in [6.07, 6.45) is 7.57. The third-order valence-corrected chi connectivity index (χ3v) is 4.83. The van der Waals surface area contributed by atoms with Gasteiger partial charge in [0.2, 0.25) is 0 Å². The lowest BCUT2D eigenvalue weighted by Gasteiger charge is -2.41. The molecule has 0 atom stereocenters. The average molecular weight is 260 g/mol. The van der Waals surface area contributed by atoms with Crippen molar-refractivity contribution in [3.63, 3.8) is 0 Å². The van der Waals surface area contributed by atoms with Gasteiger partial charge < -0.3 is 4.90 Å². The molecule has 0 amide bonds. The number of anilines is 1. The number of aryl methyl sites for hydroxylation is 1. The molecule has 104 valence electrons. The summed E-state index contributed by atoms with van der Waals surface area (Å²) in [5, 5.41) is 0. The molecule has 19 heavy (non-hydrogen) atoms. The van der Waals surface area contributed by atoms with Gasteiger partial charge in [0.1, 0.15) is 5.82 Å². The first-order valence-electron chi connectivity index (χ1n) is 7.31. The second-order valence-corrected chi connectivity index (χ2v) is 5.72. The lowest BCUT2D eigenvalue weighted by molar-refractivity contribution is 0.112. The van der Waals surface area contributed by atoms with Crippen molar-refractivity contribution in [1.29, 1.82) is 0 Å². The fourth-order valence-corrected chi connectivity index (χ4v) is 3.13. The number of rotatable bonds is 4. The maximum atomic E-state index is 10.8. The van der Waals surface area contributed by atoms with E-state index in [1.807, 2.05) is 13.0 Å². The Hall–Kier alpha value is -1.38. The summed E-state index contributed by atoms with van der Waals surface area (Å²) in [7, 11) is 0. The minimum atomic E-state index is 0.535. The maximum absolute atomic E-state index is 10.8. The zero-order valence-electron chi connectivity index (χ0n) is 12.3. The Morgan fingerprint density at radius 1 is 1.32 bits per heavy atom. The van der Waals surface area contributed by atoms with Gasteiger partial charge in [0.15, 0.2) is 6.29 Å². The minimum absolute atomic E-state index is 0.535. The Labute approximate surface area is 116 Å². The largest absolute Gasteiger partial charge is 0.356 e. The minimum Gasteiger partial charge on any atom is -0.356 e. The molecule has 0 aliphatic carbocycles. The molecule has 1 fully saturated rings. The standard InChI is InChI=1S/C16H24N2O/c1-4-16(5-2)6-8-18(9-7-16)15-13(3)10-14(12-19)11-17-15/h10-12H,4-9H2,1-3H3. The van der Waals surface area contributed by atoms with Crippen molar-refractivity contribution in [3.05, 3.63) is 23.4 Å². The molecule has 1 aliphatic rings. The predicted molar refractivity (Wildman–Crippen MR) is 78.8 cm³/mol. The van der Waals surface area contributed by atoms with Crippen molar-refractivity contribution in [2.45, 2.75) is 46.5 Å². The number of pyridine rings is 1. The fraction of sp³-hybridized carbons (Fsp3) is 0.625. The lowest BCUT2D eigenvalue weighted by atomic mass is 9.74. The zero-order chi connectivity index (χ0) is 13.9. The van der Waals surface area contributed by atoms with Gasteiger partial charge in [-0.15, -0.1) is 0 Å². The van der Waals surface area contributed by atoms with Gasteiger partial charge in [0, 0.05) is 24.8 Å². The highest BCUT2D eigenvalue weighted by Crippen LogP contribution is 2.39. The van der Waals surface area contributed by atoms with Gasteiger partial charge in [-0.2, -0.15) is 0 Å². The van der Waals surface area contributed by atoms with Crippen LogP contribution in [0.15, 0.2) is 12.3 Å². The van der Waals surface area contributed by atoms with E-state index in [1.165, 1.54) is 25.7 Å². The molecule has 0 radical (unpaired) electrons. The molecule has 1 saturated heterocycles. The Balaban J connectivity index is 2.11. The summed E-state index contributed by atoms with van der Waals surface area (Å²) in [6, 6.07) is 1.93. The van der Waals surface area contributed by atoms with Crippen LogP contribution in [-0.4, -0.2) is 24.4 Å². The van der Waals surface area contributed by atoms with E-state index in [0.717, 1.165) is 30.8 Å². The zero-order valence-corrected chi connectivity index (χ0v) is 12.3. The third kappa shape index (κ3) is 2.80. The summed E-state index contributed by atoms with van der Waals surface area (Å²) in [4.78, 5) is 17.6. The number of carbonyl (C=O) groups is 1. The van der Waals surface area contributed by atoms with Crippen molar-refractivity contribution in [3.8, 4) is 0 Å². The number of carbonyl (C=O) groups excluding carboxylic acids is 1. The van der Waals surface area contributed by atoms with E-state index in [1.54, 1.807) is 6.20 Å². The Morgan fingerprint density at radius 2 is 1.95 bits per heavy atom. The van der Waals surface area contributed by atoms with Crippen LogP contribution in [0.4, 0.5) is 5.82 Å². The van der Waals surface area contributed by atoms with Gasteiger partial charge in [-0.05, 0) is 36.8 Å². The molecule has 1 aliphatic heterocycles. The van der Waals surface area contributed by atoms with E-state index in [2.05, 4.69) is 23.7 Å². The molecular weight excluding hydrogens is 236 g/mol. The Bertz CT molecular complexity index is 442. The Kier molecular flexibility index (Phi) is 4.23. The first kappa shape index (κ1) is 14.0. The molecule has 0 saturated carbocycles. The molecule has 0 N–H and O–H groups in total. The molecule has 1 aromatic rings.